The van der Waals surface area contributed by atoms with Crippen LogP contribution in [0.25, 0.3) is 0 Å². The van der Waals surface area contributed by atoms with Crippen LogP contribution in [-0.4, -0.2) is 15.5 Å². The van der Waals surface area contributed by atoms with Crippen LogP contribution in [0.2, 0.25) is 0 Å². The van der Waals surface area contributed by atoms with E-state index in [1.165, 1.54) is 11.3 Å². The van der Waals surface area contributed by atoms with Crippen molar-refractivity contribution in [2.75, 3.05) is 5.32 Å². The molecule has 0 spiro atoms. The molecule has 0 saturated carbocycles. The van der Waals surface area contributed by atoms with Crippen LogP contribution in [-0.2, 0) is 7.05 Å². The summed E-state index contributed by atoms with van der Waals surface area (Å²) in [6, 6.07) is 0. The molecule has 0 unspecified atom stereocenters. The Bertz CT molecular complexity index is 607. The maximum atomic E-state index is 11.7. The molecule has 17 heavy (non-hydrogen) atoms. The van der Waals surface area contributed by atoms with Crippen LogP contribution in [0.1, 0.15) is 10.5 Å². The van der Waals surface area contributed by atoms with Gasteiger partial charge in [0.25, 0.3) is 5.91 Å². The van der Waals surface area contributed by atoms with E-state index in [2.05, 4.69) is 26.2 Å². The number of nitrogens with zero attached hydrogens (tertiary/aromatic N) is 2. The predicted octanol–water partition coefficient (Wildman–Crippen LogP) is 1.86. The van der Waals surface area contributed by atoms with Gasteiger partial charge in [-0.1, -0.05) is 0 Å². The first-order chi connectivity index (χ1) is 8.08. The highest BCUT2D eigenvalue weighted by atomic mass is 79.9. The van der Waals surface area contributed by atoms with Gasteiger partial charge in [0.1, 0.15) is 11.4 Å². The van der Waals surface area contributed by atoms with Crippen LogP contribution >= 0.6 is 27.3 Å². The molecule has 0 aliphatic rings. The van der Waals surface area contributed by atoms with E-state index in [0.29, 0.717) is 10.2 Å². The molecule has 2 aromatic heterocycles. The Morgan fingerprint density at radius 1 is 1.53 bits per heavy atom. The summed E-state index contributed by atoms with van der Waals surface area (Å²) in [5, 5.41) is 4.16. The minimum Gasteiger partial charge on any atom is -0.354 e. The first kappa shape index (κ1) is 12.0. The van der Waals surface area contributed by atoms with E-state index in [1.807, 2.05) is 0 Å². The van der Waals surface area contributed by atoms with Gasteiger partial charge in [-0.15, -0.1) is 11.3 Å². The summed E-state index contributed by atoms with van der Waals surface area (Å²) in [5.41, 5.74) is 1.83. The lowest BCUT2D eigenvalue weighted by Gasteiger charge is -2.05. The Hall–Kier alpha value is -1.47. The van der Waals surface area contributed by atoms with Gasteiger partial charge < -0.3 is 9.88 Å². The number of halogens is 1. The average Bonchev–Trinajstić information content (AvgIpc) is 2.78. The van der Waals surface area contributed by atoms with Crippen molar-refractivity contribution in [2.45, 2.75) is 0 Å². The molecule has 2 aromatic rings. The van der Waals surface area contributed by atoms with Crippen LogP contribution in [0.5, 0.6) is 0 Å². The third-order valence-corrected chi connectivity index (χ3v) is 3.18. The standard InChI is InChI=1S/C10H8BrN3O2S/c1-14-2-6(11)9(15)7(3-14)13-10(16)8-4-17-5-12-8/h2-5H,1H3,(H,13,16). The van der Waals surface area contributed by atoms with Gasteiger partial charge in [0.2, 0.25) is 5.43 Å². The zero-order chi connectivity index (χ0) is 12.4. The second-order valence-corrected chi connectivity index (χ2v) is 4.92. The van der Waals surface area contributed by atoms with E-state index in [1.54, 1.807) is 34.9 Å². The molecule has 0 aromatic carbocycles. The molecular formula is C10H8BrN3O2S. The number of pyridine rings is 1. The van der Waals surface area contributed by atoms with E-state index in [9.17, 15) is 9.59 Å². The summed E-state index contributed by atoms with van der Waals surface area (Å²) in [6.45, 7) is 0. The zero-order valence-electron chi connectivity index (χ0n) is 8.81. The fraction of sp³-hybridized carbons (Fsp3) is 0.100. The van der Waals surface area contributed by atoms with Crippen LogP contribution < -0.4 is 10.7 Å². The molecule has 0 radical (unpaired) electrons. The number of carbonyl (C=O) groups excluding carboxylic acids is 1. The summed E-state index contributed by atoms with van der Waals surface area (Å²) >= 11 is 4.46. The van der Waals surface area contributed by atoms with Crippen molar-refractivity contribution in [1.29, 1.82) is 0 Å². The Kier molecular flexibility index (Phi) is 3.39. The molecular weight excluding hydrogens is 306 g/mol. The largest absolute Gasteiger partial charge is 0.354 e. The Labute approximate surface area is 109 Å². The second kappa shape index (κ2) is 4.80. The molecule has 2 rings (SSSR count). The van der Waals surface area contributed by atoms with E-state index < -0.39 is 0 Å². The van der Waals surface area contributed by atoms with Crippen LogP contribution in [0.4, 0.5) is 5.69 Å². The lowest BCUT2D eigenvalue weighted by Crippen LogP contribution is -2.20. The first-order valence-corrected chi connectivity index (χ1v) is 6.37. The number of amides is 1. The molecule has 2 heterocycles. The van der Waals surface area contributed by atoms with E-state index in [-0.39, 0.29) is 17.0 Å². The van der Waals surface area contributed by atoms with Crippen molar-refractivity contribution in [1.82, 2.24) is 9.55 Å². The third-order valence-electron chi connectivity index (χ3n) is 2.02. The number of nitrogens with one attached hydrogen (secondary N) is 1. The summed E-state index contributed by atoms with van der Waals surface area (Å²) in [4.78, 5) is 27.3. The van der Waals surface area contributed by atoms with Gasteiger partial charge in [0, 0.05) is 24.8 Å². The number of rotatable bonds is 2. The highest BCUT2D eigenvalue weighted by Crippen LogP contribution is 2.09. The summed E-state index contributed by atoms with van der Waals surface area (Å²) < 4.78 is 2.08. The molecule has 88 valence electrons. The SMILES string of the molecule is Cn1cc(Br)c(=O)c(NC(=O)c2cscn2)c1. The second-order valence-electron chi connectivity index (χ2n) is 3.34. The van der Waals surface area contributed by atoms with Gasteiger partial charge in [-0.3, -0.25) is 9.59 Å². The molecule has 0 saturated heterocycles. The van der Waals surface area contributed by atoms with Crippen molar-refractivity contribution in [3.8, 4) is 0 Å². The van der Waals surface area contributed by atoms with Gasteiger partial charge in [0.05, 0.1) is 9.98 Å². The number of hydrogen-bond donors (Lipinski definition) is 1. The topological polar surface area (TPSA) is 64.0 Å². The molecule has 7 heteroatoms. The highest BCUT2D eigenvalue weighted by molar-refractivity contribution is 9.10. The smallest absolute Gasteiger partial charge is 0.275 e. The van der Waals surface area contributed by atoms with Crippen molar-refractivity contribution < 1.29 is 4.79 Å². The van der Waals surface area contributed by atoms with Gasteiger partial charge in [-0.05, 0) is 15.9 Å². The predicted molar refractivity (Wildman–Crippen MR) is 69.5 cm³/mol. The number of aryl methyl sites for hydroxylation is 1. The molecule has 1 amide bonds. The van der Waals surface area contributed by atoms with E-state index >= 15 is 0 Å². The summed E-state index contributed by atoms with van der Waals surface area (Å²) in [6.07, 6.45) is 3.18. The minimum atomic E-state index is -0.388. The Morgan fingerprint density at radius 2 is 2.29 bits per heavy atom. The minimum absolute atomic E-state index is 0.222. The van der Waals surface area contributed by atoms with Crippen LogP contribution in [0.15, 0.2) is 32.6 Å². The maximum absolute atomic E-state index is 11.7. The molecule has 0 aliphatic heterocycles. The van der Waals surface area contributed by atoms with Gasteiger partial charge in [-0.25, -0.2) is 4.98 Å². The van der Waals surface area contributed by atoms with Crippen molar-refractivity contribution >= 4 is 38.9 Å². The van der Waals surface area contributed by atoms with Crippen molar-refractivity contribution in [2.24, 2.45) is 7.05 Å². The number of anilines is 1. The van der Waals surface area contributed by atoms with Gasteiger partial charge >= 0.3 is 0 Å². The molecule has 5 nitrogen and oxygen atoms in total. The number of aromatic nitrogens is 2. The van der Waals surface area contributed by atoms with Gasteiger partial charge in [-0.2, -0.15) is 0 Å². The zero-order valence-corrected chi connectivity index (χ0v) is 11.2. The Morgan fingerprint density at radius 3 is 2.94 bits per heavy atom. The van der Waals surface area contributed by atoms with Crippen LogP contribution in [0, 0.1) is 0 Å². The summed E-state index contributed by atoms with van der Waals surface area (Å²) in [7, 11) is 1.77. The van der Waals surface area contributed by atoms with Gasteiger partial charge in [0.15, 0.2) is 0 Å². The number of hydrogen-bond acceptors (Lipinski definition) is 4. The number of thiazole rings is 1. The fourth-order valence-electron chi connectivity index (χ4n) is 1.27. The van der Waals surface area contributed by atoms with E-state index in [0.717, 1.165) is 0 Å². The number of carbonyl (C=O) groups is 1. The molecule has 0 fully saturated rings. The maximum Gasteiger partial charge on any atom is 0.275 e. The molecule has 0 aliphatic carbocycles. The van der Waals surface area contributed by atoms with Crippen molar-refractivity contribution in [3.05, 3.63) is 43.7 Å². The lowest BCUT2D eigenvalue weighted by molar-refractivity contribution is 0.102. The highest BCUT2D eigenvalue weighted by Gasteiger charge is 2.11. The molecule has 1 N–H and O–H groups in total. The quantitative estimate of drug-likeness (QED) is 0.920. The average molecular weight is 314 g/mol. The third kappa shape index (κ3) is 2.62. The first-order valence-electron chi connectivity index (χ1n) is 4.63. The van der Waals surface area contributed by atoms with Crippen LogP contribution in [0.3, 0.4) is 0 Å². The Balaban J connectivity index is 2.31. The normalized spacial score (nSPS) is 10.2. The van der Waals surface area contributed by atoms with Crippen molar-refractivity contribution in [3.63, 3.8) is 0 Å². The fourth-order valence-corrected chi connectivity index (χ4v) is 2.33. The monoisotopic (exact) mass is 313 g/mol. The lowest BCUT2D eigenvalue weighted by atomic mass is 10.3. The molecule has 0 bridgehead atoms. The molecule has 0 atom stereocenters. The van der Waals surface area contributed by atoms with E-state index in [4.69, 9.17) is 0 Å². The summed E-state index contributed by atoms with van der Waals surface area (Å²) in [5.74, 6) is -0.388.